The summed E-state index contributed by atoms with van der Waals surface area (Å²) in [5.74, 6) is 0.885. The highest BCUT2D eigenvalue weighted by Crippen LogP contribution is 2.52. The van der Waals surface area contributed by atoms with E-state index in [2.05, 4.69) is 241 Å². The van der Waals surface area contributed by atoms with Gasteiger partial charge in [-0.25, -0.2) is 4.98 Å². The van der Waals surface area contributed by atoms with Crippen molar-refractivity contribution in [1.82, 2.24) is 14.5 Å². The molecule has 0 saturated heterocycles. The van der Waals surface area contributed by atoms with Gasteiger partial charge >= 0.3 is 0 Å². The fourth-order valence-electron chi connectivity index (χ4n) is 10.4. The minimum absolute atomic E-state index is 0.122. The normalized spacial score (nSPS) is 13.1. The number of benzene rings is 8. The lowest BCUT2D eigenvalue weighted by molar-refractivity contribution is 0.474. The highest BCUT2D eigenvalue weighted by Gasteiger charge is 2.37. The molecule has 2 heterocycles. The van der Waals surface area contributed by atoms with Crippen molar-refractivity contribution >= 4 is 11.0 Å². The average Bonchev–Trinajstić information content (AvgIpc) is 3.85. The van der Waals surface area contributed by atoms with Crippen LogP contribution in [0.25, 0.3) is 83.9 Å². The summed E-state index contributed by atoms with van der Waals surface area (Å²) in [5, 5.41) is 12.2. The van der Waals surface area contributed by atoms with Gasteiger partial charge < -0.3 is 5.11 Å². The van der Waals surface area contributed by atoms with Crippen LogP contribution in [0.1, 0.15) is 76.3 Å². The van der Waals surface area contributed by atoms with Crippen molar-refractivity contribution in [2.24, 2.45) is 0 Å². The number of pyridine rings is 1. The molecule has 0 bridgehead atoms. The number of hydrogen-bond donors (Lipinski definition) is 1. The van der Waals surface area contributed by atoms with E-state index in [0.29, 0.717) is 11.4 Å². The van der Waals surface area contributed by atoms with Gasteiger partial charge in [0.05, 0.1) is 28.0 Å². The molecule has 0 aliphatic heterocycles. The molecule has 0 radical (unpaired) electrons. The Morgan fingerprint density at radius 1 is 0.456 bits per heavy atom. The number of fused-ring (bicyclic) bond motifs is 4. The van der Waals surface area contributed by atoms with Gasteiger partial charge in [0, 0.05) is 33.7 Å². The van der Waals surface area contributed by atoms with E-state index in [-0.39, 0.29) is 22.0 Å². The van der Waals surface area contributed by atoms with E-state index >= 15 is 0 Å². The molecule has 0 fully saturated rings. The molecule has 0 unspecified atom stereocenters. The Bertz CT molecular complexity index is 3540. The zero-order valence-electron chi connectivity index (χ0n) is 39.8. The van der Waals surface area contributed by atoms with Crippen molar-refractivity contribution in [2.45, 2.75) is 64.7 Å². The van der Waals surface area contributed by atoms with Crippen LogP contribution >= 0.6 is 0 Å². The minimum atomic E-state index is -0.260. The van der Waals surface area contributed by atoms with Crippen LogP contribution in [0, 0.1) is 0 Å². The molecule has 1 aliphatic rings. The first-order chi connectivity index (χ1) is 32.8. The third-order valence-electron chi connectivity index (χ3n) is 14.5. The Kier molecular flexibility index (Phi) is 10.2. The molecule has 4 nitrogen and oxygen atoms in total. The van der Waals surface area contributed by atoms with Crippen molar-refractivity contribution in [2.75, 3.05) is 0 Å². The van der Waals surface area contributed by atoms with Crippen molar-refractivity contribution in [3.8, 4) is 78.6 Å². The summed E-state index contributed by atoms with van der Waals surface area (Å²) < 4.78 is 2.25. The van der Waals surface area contributed by atoms with Crippen LogP contribution in [0.2, 0.25) is 0 Å². The third-order valence-corrected chi connectivity index (χ3v) is 14.5. The summed E-state index contributed by atoms with van der Waals surface area (Å²) in [6.07, 6.45) is 1.93. The van der Waals surface area contributed by atoms with Gasteiger partial charge in [-0.05, 0) is 115 Å². The van der Waals surface area contributed by atoms with Crippen LogP contribution in [0.4, 0.5) is 0 Å². The van der Waals surface area contributed by atoms with Gasteiger partial charge in [0.2, 0.25) is 0 Å². The van der Waals surface area contributed by atoms with E-state index in [1.807, 2.05) is 12.3 Å². The van der Waals surface area contributed by atoms with Crippen LogP contribution in [0.3, 0.4) is 0 Å². The Labute approximate surface area is 400 Å². The number of phenols is 1. The van der Waals surface area contributed by atoms with E-state index in [1.54, 1.807) is 0 Å². The number of phenolic OH excluding ortho intramolecular Hbond substituents is 1. The monoisotopic (exact) mass is 881 g/mol. The SMILES string of the molecule is CC(C)(C)c1cc(-c2cc(-c3ccc(C(C)(C)c4ccccc4)cc3)ccn2)cc(-c2cccc3c2nc(-c2cc4c(cc2O)C(C)(C)c2ccccc2-4)n3-c2ccccc2-c2ccccc2)c1. The van der Waals surface area contributed by atoms with Crippen LogP contribution in [0.15, 0.2) is 200 Å². The molecular weight excluding hydrogens is 827 g/mol. The first-order valence-corrected chi connectivity index (χ1v) is 23.7. The summed E-state index contributed by atoms with van der Waals surface area (Å²) >= 11 is 0. The van der Waals surface area contributed by atoms with E-state index in [9.17, 15) is 5.11 Å². The molecule has 332 valence electrons. The maximum Gasteiger partial charge on any atom is 0.149 e. The van der Waals surface area contributed by atoms with Gasteiger partial charge in [-0.2, -0.15) is 0 Å². The van der Waals surface area contributed by atoms with Crippen LogP contribution in [-0.4, -0.2) is 19.6 Å². The van der Waals surface area contributed by atoms with Crippen molar-refractivity contribution in [3.63, 3.8) is 0 Å². The Hall–Kier alpha value is -7.82. The average molecular weight is 882 g/mol. The van der Waals surface area contributed by atoms with Gasteiger partial charge in [-0.1, -0.05) is 194 Å². The summed E-state index contributed by atoms with van der Waals surface area (Å²) in [7, 11) is 0. The summed E-state index contributed by atoms with van der Waals surface area (Å²) in [6.45, 7) is 15.9. The number of para-hydroxylation sites is 2. The van der Waals surface area contributed by atoms with Gasteiger partial charge in [0.25, 0.3) is 0 Å². The topological polar surface area (TPSA) is 50.9 Å². The Morgan fingerprint density at radius 3 is 1.85 bits per heavy atom. The highest BCUT2D eigenvalue weighted by atomic mass is 16.3. The summed E-state index contributed by atoms with van der Waals surface area (Å²) in [4.78, 5) is 10.6. The molecule has 0 amide bonds. The van der Waals surface area contributed by atoms with E-state index in [4.69, 9.17) is 9.97 Å². The van der Waals surface area contributed by atoms with E-state index in [0.717, 1.165) is 72.5 Å². The first kappa shape index (κ1) is 42.8. The number of aromatic hydroxyl groups is 1. The van der Waals surface area contributed by atoms with E-state index in [1.165, 1.54) is 27.8 Å². The van der Waals surface area contributed by atoms with Gasteiger partial charge in [0.1, 0.15) is 11.6 Å². The van der Waals surface area contributed by atoms with Crippen molar-refractivity contribution in [3.05, 3.63) is 228 Å². The third kappa shape index (κ3) is 7.23. The number of imidazole rings is 1. The molecule has 2 aromatic heterocycles. The fraction of sp³-hybridized carbons (Fsp3) is 0.156. The molecule has 1 aliphatic carbocycles. The Morgan fingerprint density at radius 2 is 1.10 bits per heavy atom. The lowest BCUT2D eigenvalue weighted by Crippen LogP contribution is -2.18. The van der Waals surface area contributed by atoms with Gasteiger partial charge in [-0.15, -0.1) is 0 Å². The Balaban J connectivity index is 1.08. The number of nitrogens with zero attached hydrogens (tertiary/aromatic N) is 3. The predicted molar refractivity (Wildman–Crippen MR) is 283 cm³/mol. The van der Waals surface area contributed by atoms with Gasteiger partial charge in [-0.3, -0.25) is 9.55 Å². The summed E-state index contributed by atoms with van der Waals surface area (Å²) in [6, 6.07) is 69.1. The second-order valence-electron chi connectivity index (χ2n) is 20.5. The quantitative estimate of drug-likeness (QED) is 0.165. The molecule has 10 aromatic rings. The van der Waals surface area contributed by atoms with Crippen LogP contribution < -0.4 is 0 Å². The fourth-order valence-corrected chi connectivity index (χ4v) is 10.4. The first-order valence-electron chi connectivity index (χ1n) is 23.7. The molecule has 0 saturated carbocycles. The second kappa shape index (κ2) is 16.2. The zero-order chi connectivity index (χ0) is 47.0. The zero-order valence-corrected chi connectivity index (χ0v) is 39.8. The lowest BCUT2D eigenvalue weighted by Gasteiger charge is -2.26. The molecular formula is C64H55N3O. The van der Waals surface area contributed by atoms with Crippen molar-refractivity contribution < 1.29 is 5.11 Å². The maximum absolute atomic E-state index is 12.2. The molecule has 11 rings (SSSR count). The smallest absolute Gasteiger partial charge is 0.149 e. The maximum atomic E-state index is 12.2. The molecule has 0 spiro atoms. The number of hydrogen-bond acceptors (Lipinski definition) is 3. The summed E-state index contributed by atoms with van der Waals surface area (Å²) in [5.41, 5.74) is 19.8. The minimum Gasteiger partial charge on any atom is -0.507 e. The molecule has 0 atom stereocenters. The van der Waals surface area contributed by atoms with Crippen LogP contribution in [0.5, 0.6) is 5.75 Å². The van der Waals surface area contributed by atoms with E-state index < -0.39 is 0 Å². The standard InChI is InChI=1S/C64H55N3O/c1-62(2,3)48-36-44(35-45(37-48)56-38-43(33-34-65-56)41-29-31-47(32-30-41)63(4,5)46-21-12-9-13-22-46)50-25-18-28-58-60(50)66-61(67(58)57-27-17-15-23-49(57)42-19-10-8-11-20-42)53-39-52-51-24-14-16-26-54(51)64(6,7)55(52)40-59(53)68/h8-40,68H,1-7H3. The predicted octanol–water partition coefficient (Wildman–Crippen LogP) is 16.4. The molecule has 1 N–H and O–H groups in total. The molecule has 4 heteroatoms. The van der Waals surface area contributed by atoms with Gasteiger partial charge in [0.15, 0.2) is 0 Å². The lowest BCUT2D eigenvalue weighted by atomic mass is 9.78. The number of rotatable bonds is 8. The van der Waals surface area contributed by atoms with Crippen molar-refractivity contribution in [1.29, 1.82) is 0 Å². The number of aromatic nitrogens is 3. The highest BCUT2D eigenvalue weighted by molar-refractivity contribution is 5.98. The van der Waals surface area contributed by atoms with Crippen LogP contribution in [-0.2, 0) is 16.2 Å². The largest absolute Gasteiger partial charge is 0.507 e. The molecule has 68 heavy (non-hydrogen) atoms. The second-order valence-corrected chi connectivity index (χ2v) is 20.5. The molecule has 8 aromatic carbocycles.